The molecule has 2 heterocycles. The summed E-state index contributed by atoms with van der Waals surface area (Å²) in [5.41, 5.74) is 5.58. The summed E-state index contributed by atoms with van der Waals surface area (Å²) in [6, 6.07) is 2.55. The van der Waals surface area contributed by atoms with Crippen LogP contribution in [0, 0.1) is 0 Å². The van der Waals surface area contributed by atoms with E-state index in [1.54, 1.807) is 4.88 Å². The van der Waals surface area contributed by atoms with Gasteiger partial charge in [0.15, 0.2) is 0 Å². The molecule has 0 saturated heterocycles. The van der Waals surface area contributed by atoms with E-state index in [9.17, 15) is 0 Å². The van der Waals surface area contributed by atoms with Gasteiger partial charge >= 0.3 is 0 Å². The summed E-state index contributed by atoms with van der Waals surface area (Å²) >= 11 is 3.93. The molecule has 1 aromatic heterocycles. The van der Waals surface area contributed by atoms with Gasteiger partial charge in [-0.15, -0.1) is 17.9 Å². The van der Waals surface area contributed by atoms with Crippen molar-refractivity contribution in [2.24, 2.45) is 5.84 Å². The van der Waals surface area contributed by atoms with Gasteiger partial charge in [-0.3, -0.25) is 11.3 Å². The first-order chi connectivity index (χ1) is 7.70. The third kappa shape index (κ3) is 2.69. The summed E-state index contributed by atoms with van der Waals surface area (Å²) < 4.78 is 0. The highest BCUT2D eigenvalue weighted by Crippen LogP contribution is 2.35. The molecule has 3 N–H and O–H groups in total. The fourth-order valence-electron chi connectivity index (χ4n) is 1.93. The number of nitrogens with one attached hydrogen (secondary N) is 1. The van der Waals surface area contributed by atoms with Crippen LogP contribution in [0.3, 0.4) is 0 Å². The zero-order valence-electron chi connectivity index (χ0n) is 9.58. The lowest BCUT2D eigenvalue weighted by Gasteiger charge is -2.13. The molecule has 0 radical (unpaired) electrons. The van der Waals surface area contributed by atoms with Crippen LogP contribution in [0.4, 0.5) is 0 Å². The quantitative estimate of drug-likeness (QED) is 0.493. The molecule has 0 aromatic carbocycles. The lowest BCUT2D eigenvalue weighted by Crippen LogP contribution is -2.27. The lowest BCUT2D eigenvalue weighted by atomic mass is 10.1. The van der Waals surface area contributed by atoms with Gasteiger partial charge in [-0.2, -0.15) is 11.8 Å². The molecule has 2 rings (SSSR count). The number of fused-ring (bicyclic) bond motifs is 1. The second-order valence-corrected chi connectivity index (χ2v) is 6.55. The number of hydrogen-bond acceptors (Lipinski definition) is 4. The number of hydrogen-bond donors (Lipinski definition) is 2. The summed E-state index contributed by atoms with van der Waals surface area (Å²) in [6.45, 7) is 6.00. The molecule has 2 nitrogen and oxygen atoms in total. The van der Waals surface area contributed by atoms with Gasteiger partial charge in [0.25, 0.3) is 0 Å². The molecule has 0 saturated carbocycles. The predicted molar refractivity (Wildman–Crippen MR) is 73.7 cm³/mol. The molecule has 1 unspecified atom stereocenters. The van der Waals surface area contributed by atoms with Gasteiger partial charge in [0.1, 0.15) is 0 Å². The van der Waals surface area contributed by atoms with Crippen molar-refractivity contribution in [2.75, 3.05) is 5.75 Å². The second-order valence-electron chi connectivity index (χ2n) is 4.28. The summed E-state index contributed by atoms with van der Waals surface area (Å²) in [5.74, 6) is 8.04. The molecule has 0 amide bonds. The molecule has 88 valence electrons. The number of thiophene rings is 1. The van der Waals surface area contributed by atoms with Crippen molar-refractivity contribution in [3.63, 3.8) is 0 Å². The summed E-state index contributed by atoms with van der Waals surface area (Å²) in [4.78, 5) is 2.91. The maximum absolute atomic E-state index is 5.62. The molecule has 4 heteroatoms. The van der Waals surface area contributed by atoms with Gasteiger partial charge in [-0.25, -0.2) is 0 Å². The minimum atomic E-state index is 0.234. The fraction of sp³-hybridized carbons (Fsp3) is 0.500. The van der Waals surface area contributed by atoms with Crippen LogP contribution < -0.4 is 11.3 Å². The Morgan fingerprint density at radius 3 is 3.12 bits per heavy atom. The van der Waals surface area contributed by atoms with Crippen LogP contribution in [0.1, 0.15) is 34.7 Å². The highest BCUT2D eigenvalue weighted by Gasteiger charge is 2.18. The Morgan fingerprint density at radius 1 is 1.69 bits per heavy atom. The molecule has 16 heavy (non-hydrogen) atoms. The number of aryl methyl sites for hydroxylation is 1. The van der Waals surface area contributed by atoms with Crippen LogP contribution in [0.5, 0.6) is 0 Å². The number of nitrogens with two attached hydrogens (primary N) is 1. The van der Waals surface area contributed by atoms with Gasteiger partial charge in [0.2, 0.25) is 0 Å². The summed E-state index contributed by atoms with van der Waals surface area (Å²) in [5, 5.41) is 0. The van der Waals surface area contributed by atoms with Gasteiger partial charge in [-0.1, -0.05) is 5.57 Å². The minimum Gasteiger partial charge on any atom is -0.271 e. The smallest absolute Gasteiger partial charge is 0.0590 e. The normalized spacial score (nSPS) is 16.9. The molecule has 0 spiro atoms. The average molecular weight is 254 g/mol. The third-order valence-electron chi connectivity index (χ3n) is 2.74. The van der Waals surface area contributed by atoms with Gasteiger partial charge < -0.3 is 0 Å². The topological polar surface area (TPSA) is 38.0 Å². The van der Waals surface area contributed by atoms with Crippen molar-refractivity contribution in [3.05, 3.63) is 33.5 Å². The van der Waals surface area contributed by atoms with Crippen LogP contribution >= 0.6 is 23.1 Å². The zero-order valence-corrected chi connectivity index (χ0v) is 11.2. The Kier molecular flexibility index (Phi) is 4.08. The third-order valence-corrected chi connectivity index (χ3v) is 5.10. The molecule has 1 aliphatic rings. The molecule has 1 atom stereocenters. The number of thioether (sulfide) groups is 1. The number of rotatable bonds is 4. The van der Waals surface area contributed by atoms with Crippen LogP contribution in [0.15, 0.2) is 18.2 Å². The van der Waals surface area contributed by atoms with Crippen LogP contribution in [0.2, 0.25) is 0 Å². The molecule has 0 aliphatic carbocycles. The SMILES string of the molecule is C=C(C)CC(NN)c1cc2c(s1)CCSC2. The lowest BCUT2D eigenvalue weighted by molar-refractivity contribution is 0.559. The monoisotopic (exact) mass is 254 g/mol. The zero-order chi connectivity index (χ0) is 11.5. The Balaban J connectivity index is 2.18. The Morgan fingerprint density at radius 2 is 2.50 bits per heavy atom. The molecule has 1 aromatic rings. The van der Waals surface area contributed by atoms with Crippen molar-refractivity contribution in [2.45, 2.75) is 31.6 Å². The maximum atomic E-state index is 5.62. The predicted octanol–water partition coefficient (Wildman–Crippen LogP) is 3.01. The Labute approximate surface area is 105 Å². The van der Waals surface area contributed by atoms with E-state index in [2.05, 4.69) is 18.1 Å². The van der Waals surface area contributed by atoms with E-state index in [4.69, 9.17) is 5.84 Å². The highest BCUT2D eigenvalue weighted by atomic mass is 32.2. The summed E-state index contributed by atoms with van der Waals surface area (Å²) in [7, 11) is 0. The van der Waals surface area contributed by atoms with Gasteiger partial charge in [-0.05, 0) is 37.1 Å². The van der Waals surface area contributed by atoms with E-state index in [-0.39, 0.29) is 6.04 Å². The van der Waals surface area contributed by atoms with Crippen molar-refractivity contribution in [1.82, 2.24) is 5.43 Å². The largest absolute Gasteiger partial charge is 0.271 e. The first-order valence-corrected chi connectivity index (χ1v) is 7.47. The molecule has 1 aliphatic heterocycles. The van der Waals surface area contributed by atoms with E-state index >= 15 is 0 Å². The standard InChI is InChI=1S/C12H18N2S2/c1-8(2)5-10(14-13)12-6-9-7-15-4-3-11(9)16-12/h6,10,14H,1,3-5,7,13H2,2H3. The maximum Gasteiger partial charge on any atom is 0.0590 e. The average Bonchev–Trinajstić information content (AvgIpc) is 2.68. The van der Waals surface area contributed by atoms with E-state index in [0.717, 1.165) is 12.2 Å². The highest BCUT2D eigenvalue weighted by molar-refractivity contribution is 7.98. The van der Waals surface area contributed by atoms with Crippen LogP contribution in [0.25, 0.3) is 0 Å². The molecular weight excluding hydrogens is 236 g/mol. The first kappa shape index (κ1) is 12.2. The van der Waals surface area contributed by atoms with E-state index in [0.29, 0.717) is 0 Å². The van der Waals surface area contributed by atoms with Crippen LogP contribution in [-0.2, 0) is 12.2 Å². The first-order valence-electron chi connectivity index (χ1n) is 5.50. The Hall–Kier alpha value is -0.290. The molecule has 0 fully saturated rings. The minimum absolute atomic E-state index is 0.234. The van der Waals surface area contributed by atoms with E-state index in [1.165, 1.54) is 28.2 Å². The second kappa shape index (κ2) is 5.36. The summed E-state index contributed by atoms with van der Waals surface area (Å²) in [6.07, 6.45) is 2.14. The fourth-order valence-corrected chi connectivity index (χ4v) is 4.37. The van der Waals surface area contributed by atoms with Crippen molar-refractivity contribution in [3.8, 4) is 0 Å². The molecular formula is C12H18N2S2. The van der Waals surface area contributed by atoms with E-state index < -0.39 is 0 Å². The Bertz CT molecular complexity index is 361. The van der Waals surface area contributed by atoms with Crippen molar-refractivity contribution < 1.29 is 0 Å². The van der Waals surface area contributed by atoms with E-state index in [1.807, 2.05) is 30.0 Å². The van der Waals surface area contributed by atoms with Crippen molar-refractivity contribution >= 4 is 23.1 Å². The van der Waals surface area contributed by atoms with Gasteiger partial charge in [0, 0.05) is 15.5 Å². The van der Waals surface area contributed by atoms with Gasteiger partial charge in [0.05, 0.1) is 6.04 Å². The molecule has 0 bridgehead atoms. The van der Waals surface area contributed by atoms with Crippen molar-refractivity contribution in [1.29, 1.82) is 0 Å². The van der Waals surface area contributed by atoms with Crippen LogP contribution in [-0.4, -0.2) is 5.75 Å². The number of hydrazine groups is 1.